The highest BCUT2D eigenvalue weighted by atomic mass is 15.2. The molecule has 3 aromatic rings. The van der Waals surface area contributed by atoms with Crippen LogP contribution in [0.1, 0.15) is 11.4 Å². The summed E-state index contributed by atoms with van der Waals surface area (Å²) in [5, 5.41) is 0. The second kappa shape index (κ2) is 4.38. The van der Waals surface area contributed by atoms with Crippen LogP contribution in [0.4, 0.5) is 5.95 Å². The van der Waals surface area contributed by atoms with Crippen molar-refractivity contribution in [3.05, 3.63) is 36.0 Å². The summed E-state index contributed by atoms with van der Waals surface area (Å²) < 4.78 is 3.95. The van der Waals surface area contributed by atoms with Crippen molar-refractivity contribution in [2.24, 2.45) is 7.05 Å². The monoisotopic (exact) mass is 256 g/mol. The van der Waals surface area contributed by atoms with Crippen LogP contribution in [-0.2, 0) is 20.0 Å². The molecular weight excluding hydrogens is 240 g/mol. The minimum Gasteiger partial charge on any atom is -0.369 e. The van der Waals surface area contributed by atoms with Crippen LogP contribution in [-0.4, -0.2) is 24.1 Å². The molecule has 0 radical (unpaired) electrons. The molecule has 3 heterocycles. The second-order valence-electron chi connectivity index (χ2n) is 4.63. The molecule has 6 nitrogen and oxygen atoms in total. The van der Waals surface area contributed by atoms with Crippen LogP contribution in [0.5, 0.6) is 0 Å². The molecule has 3 rings (SSSR count). The Morgan fingerprint density at radius 3 is 2.84 bits per heavy atom. The van der Waals surface area contributed by atoms with Gasteiger partial charge in [-0.2, -0.15) is 0 Å². The fourth-order valence-electron chi connectivity index (χ4n) is 2.22. The molecule has 0 bridgehead atoms. The summed E-state index contributed by atoms with van der Waals surface area (Å²) >= 11 is 0. The first-order valence-electron chi connectivity index (χ1n) is 6.20. The van der Waals surface area contributed by atoms with E-state index in [9.17, 15) is 0 Å². The Hall–Kier alpha value is -2.37. The molecule has 3 aromatic heterocycles. The molecule has 19 heavy (non-hydrogen) atoms. The van der Waals surface area contributed by atoms with Gasteiger partial charge in [-0.3, -0.25) is 4.57 Å². The summed E-state index contributed by atoms with van der Waals surface area (Å²) in [5.41, 5.74) is 8.79. The van der Waals surface area contributed by atoms with Crippen LogP contribution in [0, 0.1) is 6.92 Å². The van der Waals surface area contributed by atoms with Crippen molar-refractivity contribution in [3.8, 4) is 0 Å². The van der Waals surface area contributed by atoms with Gasteiger partial charge in [-0.1, -0.05) is 0 Å². The smallest absolute Gasteiger partial charge is 0.202 e. The molecular formula is C13H16N6. The molecule has 0 aliphatic carbocycles. The number of hydrogen-bond donors (Lipinski definition) is 1. The zero-order valence-electron chi connectivity index (χ0n) is 11.0. The van der Waals surface area contributed by atoms with Gasteiger partial charge in [0.1, 0.15) is 11.3 Å². The molecule has 6 heteroatoms. The zero-order valence-corrected chi connectivity index (χ0v) is 11.0. The number of anilines is 1. The van der Waals surface area contributed by atoms with Crippen molar-refractivity contribution in [2.45, 2.75) is 19.9 Å². The topological polar surface area (TPSA) is 74.6 Å². The SMILES string of the molecule is Cc1ccnc2c1nc(N)n2CCc1nccn1C. The number of nitrogens with zero attached hydrogens (tertiary/aromatic N) is 5. The number of pyridine rings is 1. The van der Waals surface area contributed by atoms with E-state index in [0.717, 1.165) is 35.5 Å². The molecule has 0 fully saturated rings. The summed E-state index contributed by atoms with van der Waals surface area (Å²) in [6, 6.07) is 1.94. The van der Waals surface area contributed by atoms with Gasteiger partial charge in [0.25, 0.3) is 0 Å². The molecule has 0 spiro atoms. The number of aryl methyl sites for hydroxylation is 4. The summed E-state index contributed by atoms with van der Waals surface area (Å²) in [4.78, 5) is 13.1. The van der Waals surface area contributed by atoms with Gasteiger partial charge in [0, 0.05) is 38.6 Å². The molecule has 0 atom stereocenters. The lowest BCUT2D eigenvalue weighted by molar-refractivity contribution is 0.666. The molecule has 0 amide bonds. The van der Waals surface area contributed by atoms with E-state index in [1.165, 1.54) is 0 Å². The first-order valence-corrected chi connectivity index (χ1v) is 6.20. The van der Waals surface area contributed by atoms with E-state index in [4.69, 9.17) is 5.73 Å². The molecule has 0 unspecified atom stereocenters. The predicted octanol–water partition coefficient (Wildman–Crippen LogP) is 1.30. The van der Waals surface area contributed by atoms with E-state index in [-0.39, 0.29) is 0 Å². The summed E-state index contributed by atoms with van der Waals surface area (Å²) in [7, 11) is 1.99. The molecule has 0 saturated heterocycles. The lowest BCUT2D eigenvalue weighted by Crippen LogP contribution is -2.09. The zero-order chi connectivity index (χ0) is 13.4. The third-order valence-corrected chi connectivity index (χ3v) is 3.35. The third kappa shape index (κ3) is 1.95. The van der Waals surface area contributed by atoms with Crippen molar-refractivity contribution in [1.29, 1.82) is 0 Å². The average molecular weight is 256 g/mol. The van der Waals surface area contributed by atoms with Crippen molar-refractivity contribution >= 4 is 17.1 Å². The van der Waals surface area contributed by atoms with Gasteiger partial charge >= 0.3 is 0 Å². The average Bonchev–Trinajstić information content (AvgIpc) is 2.92. The van der Waals surface area contributed by atoms with E-state index in [1.54, 1.807) is 12.4 Å². The minimum atomic E-state index is 0.506. The lowest BCUT2D eigenvalue weighted by atomic mass is 10.3. The molecule has 2 N–H and O–H groups in total. The van der Waals surface area contributed by atoms with Gasteiger partial charge in [0.05, 0.1) is 0 Å². The number of fused-ring (bicyclic) bond motifs is 1. The highest BCUT2D eigenvalue weighted by Gasteiger charge is 2.11. The normalized spacial score (nSPS) is 11.3. The highest BCUT2D eigenvalue weighted by Crippen LogP contribution is 2.19. The standard InChI is InChI=1S/C13H16N6/c1-9-3-5-16-12-11(9)17-13(14)19(12)7-4-10-15-6-8-18(10)2/h3,5-6,8H,4,7H2,1-2H3,(H2,14,17). The number of nitrogen functional groups attached to an aromatic ring is 1. The lowest BCUT2D eigenvalue weighted by Gasteiger charge is -2.06. The summed E-state index contributed by atoms with van der Waals surface area (Å²) in [6.07, 6.45) is 6.32. The largest absolute Gasteiger partial charge is 0.369 e. The first-order chi connectivity index (χ1) is 9.16. The maximum Gasteiger partial charge on any atom is 0.202 e. The Kier molecular flexibility index (Phi) is 2.70. The maximum absolute atomic E-state index is 5.98. The van der Waals surface area contributed by atoms with Crippen molar-refractivity contribution < 1.29 is 0 Å². The molecule has 0 aromatic carbocycles. The Morgan fingerprint density at radius 1 is 1.26 bits per heavy atom. The predicted molar refractivity (Wildman–Crippen MR) is 73.6 cm³/mol. The van der Waals surface area contributed by atoms with Crippen LogP contribution >= 0.6 is 0 Å². The van der Waals surface area contributed by atoms with E-state index in [2.05, 4.69) is 15.0 Å². The Bertz CT molecular complexity index is 724. The first kappa shape index (κ1) is 11.7. The van der Waals surface area contributed by atoms with Crippen molar-refractivity contribution in [2.75, 3.05) is 5.73 Å². The number of rotatable bonds is 3. The summed E-state index contributed by atoms with van der Waals surface area (Å²) in [6.45, 7) is 2.74. The molecule has 0 aliphatic rings. The van der Waals surface area contributed by atoms with Gasteiger partial charge in [0.15, 0.2) is 5.65 Å². The van der Waals surface area contributed by atoms with Gasteiger partial charge in [-0.25, -0.2) is 15.0 Å². The van der Waals surface area contributed by atoms with Gasteiger partial charge < -0.3 is 10.3 Å². The van der Waals surface area contributed by atoms with E-state index in [1.807, 2.05) is 35.4 Å². The number of nitrogens with two attached hydrogens (primary N) is 1. The van der Waals surface area contributed by atoms with Gasteiger partial charge in [-0.05, 0) is 18.6 Å². The second-order valence-corrected chi connectivity index (χ2v) is 4.63. The fourth-order valence-corrected chi connectivity index (χ4v) is 2.22. The molecule has 0 aliphatic heterocycles. The molecule has 0 saturated carbocycles. The van der Waals surface area contributed by atoms with Gasteiger partial charge in [0.2, 0.25) is 5.95 Å². The van der Waals surface area contributed by atoms with Crippen LogP contribution in [0.2, 0.25) is 0 Å². The maximum atomic E-state index is 5.98. The van der Waals surface area contributed by atoms with Crippen LogP contribution in [0.25, 0.3) is 11.2 Å². The van der Waals surface area contributed by atoms with E-state index < -0.39 is 0 Å². The van der Waals surface area contributed by atoms with E-state index in [0.29, 0.717) is 5.95 Å². The number of imidazole rings is 2. The quantitative estimate of drug-likeness (QED) is 0.766. The van der Waals surface area contributed by atoms with Crippen molar-refractivity contribution in [1.82, 2.24) is 24.1 Å². The molecule has 98 valence electrons. The van der Waals surface area contributed by atoms with E-state index >= 15 is 0 Å². The number of aromatic nitrogens is 5. The van der Waals surface area contributed by atoms with Crippen LogP contribution in [0.15, 0.2) is 24.7 Å². The third-order valence-electron chi connectivity index (χ3n) is 3.35. The number of hydrogen-bond acceptors (Lipinski definition) is 4. The highest BCUT2D eigenvalue weighted by molar-refractivity contribution is 5.77. The Morgan fingerprint density at radius 2 is 2.11 bits per heavy atom. The van der Waals surface area contributed by atoms with Crippen LogP contribution in [0.3, 0.4) is 0 Å². The Labute approximate surface area is 110 Å². The summed E-state index contributed by atoms with van der Waals surface area (Å²) in [5.74, 6) is 1.53. The van der Waals surface area contributed by atoms with Crippen molar-refractivity contribution in [3.63, 3.8) is 0 Å². The minimum absolute atomic E-state index is 0.506. The Balaban J connectivity index is 1.95. The van der Waals surface area contributed by atoms with Crippen LogP contribution < -0.4 is 5.73 Å². The van der Waals surface area contributed by atoms with Gasteiger partial charge in [-0.15, -0.1) is 0 Å². The fraction of sp³-hybridized carbons (Fsp3) is 0.308.